The largest absolute Gasteiger partial charge is 0.337 e. The first-order chi connectivity index (χ1) is 14.5. The topological polar surface area (TPSA) is 81.7 Å². The molecule has 2 heterocycles. The highest BCUT2D eigenvalue weighted by molar-refractivity contribution is 5.94. The number of hydrogen-bond acceptors (Lipinski definition) is 5. The quantitative estimate of drug-likeness (QED) is 0.513. The van der Waals surface area contributed by atoms with Crippen molar-refractivity contribution < 1.29 is 4.79 Å². The zero-order valence-electron chi connectivity index (χ0n) is 17.4. The lowest BCUT2D eigenvalue weighted by Gasteiger charge is -2.18. The molecule has 0 unspecified atom stereocenters. The van der Waals surface area contributed by atoms with E-state index in [1.165, 1.54) is 6.33 Å². The second-order valence-corrected chi connectivity index (χ2v) is 7.31. The van der Waals surface area contributed by atoms with Crippen LogP contribution in [-0.2, 0) is 6.54 Å². The van der Waals surface area contributed by atoms with Crippen molar-refractivity contribution in [1.82, 2.24) is 34.9 Å². The summed E-state index contributed by atoms with van der Waals surface area (Å²) in [6.07, 6.45) is 1.53. The molecule has 0 N–H and O–H groups in total. The van der Waals surface area contributed by atoms with Gasteiger partial charge in [-0.05, 0) is 67.1 Å². The fraction of sp³-hybridized carbons (Fsp3) is 0.227. The van der Waals surface area contributed by atoms with Gasteiger partial charge in [-0.2, -0.15) is 5.10 Å². The van der Waals surface area contributed by atoms with Gasteiger partial charge in [0, 0.05) is 30.4 Å². The Hall–Kier alpha value is -3.81. The van der Waals surface area contributed by atoms with Gasteiger partial charge >= 0.3 is 0 Å². The summed E-state index contributed by atoms with van der Waals surface area (Å²) in [7, 11) is 1.81. The van der Waals surface area contributed by atoms with Crippen LogP contribution in [0.5, 0.6) is 0 Å². The van der Waals surface area contributed by atoms with Crippen LogP contribution in [0, 0.1) is 20.8 Å². The monoisotopic (exact) mass is 401 g/mol. The number of carbonyl (C=O) groups is 1. The number of aryl methyl sites for hydroxylation is 2. The van der Waals surface area contributed by atoms with Crippen molar-refractivity contribution in [3.63, 3.8) is 0 Å². The molecule has 0 aliphatic rings. The predicted molar refractivity (Wildman–Crippen MR) is 113 cm³/mol. The average molecular weight is 401 g/mol. The van der Waals surface area contributed by atoms with Gasteiger partial charge in [-0.15, -0.1) is 5.10 Å². The van der Waals surface area contributed by atoms with Crippen LogP contribution < -0.4 is 0 Å². The number of hydrogen-bond donors (Lipinski definition) is 0. The summed E-state index contributed by atoms with van der Waals surface area (Å²) < 4.78 is 3.51. The zero-order valence-corrected chi connectivity index (χ0v) is 17.4. The van der Waals surface area contributed by atoms with E-state index in [0.717, 1.165) is 33.9 Å². The molecule has 0 bridgehead atoms. The molecule has 0 saturated carbocycles. The van der Waals surface area contributed by atoms with Gasteiger partial charge in [0.2, 0.25) is 0 Å². The molecule has 0 aliphatic heterocycles. The second-order valence-electron chi connectivity index (χ2n) is 7.31. The van der Waals surface area contributed by atoms with Crippen LogP contribution >= 0.6 is 0 Å². The summed E-state index contributed by atoms with van der Waals surface area (Å²) in [6.45, 7) is 6.43. The highest BCUT2D eigenvalue weighted by atomic mass is 16.2. The summed E-state index contributed by atoms with van der Waals surface area (Å²) in [5, 5.41) is 15.9. The van der Waals surface area contributed by atoms with Crippen molar-refractivity contribution in [2.45, 2.75) is 27.3 Å². The number of benzene rings is 2. The fourth-order valence-corrected chi connectivity index (χ4v) is 3.57. The first kappa shape index (κ1) is 19.5. The SMILES string of the molecule is Cc1cc(C(=O)N(C)Cc2c(C)nn(-c3ccccc3)c2C)ccc1-n1cnnn1. The molecule has 152 valence electrons. The van der Waals surface area contributed by atoms with Crippen LogP contribution in [0.25, 0.3) is 11.4 Å². The molecule has 30 heavy (non-hydrogen) atoms. The molecule has 8 heteroatoms. The van der Waals surface area contributed by atoms with Gasteiger partial charge in [-0.3, -0.25) is 4.79 Å². The van der Waals surface area contributed by atoms with E-state index in [0.29, 0.717) is 12.1 Å². The van der Waals surface area contributed by atoms with Crippen LogP contribution in [0.3, 0.4) is 0 Å². The van der Waals surface area contributed by atoms with Gasteiger partial charge in [0.25, 0.3) is 5.91 Å². The summed E-state index contributed by atoms with van der Waals surface area (Å²) in [5.74, 6) is -0.0485. The third kappa shape index (κ3) is 3.59. The Kier molecular flexibility index (Phi) is 5.14. The summed E-state index contributed by atoms with van der Waals surface area (Å²) in [6, 6.07) is 15.5. The van der Waals surface area contributed by atoms with Crippen molar-refractivity contribution in [2.75, 3.05) is 7.05 Å². The number of aromatic nitrogens is 6. The Bertz CT molecular complexity index is 1180. The van der Waals surface area contributed by atoms with E-state index in [2.05, 4.69) is 20.6 Å². The molecule has 4 aromatic rings. The van der Waals surface area contributed by atoms with E-state index in [9.17, 15) is 4.79 Å². The van der Waals surface area contributed by atoms with Gasteiger partial charge in [-0.1, -0.05) is 18.2 Å². The predicted octanol–water partition coefficient (Wildman–Crippen LogP) is 3.05. The van der Waals surface area contributed by atoms with E-state index < -0.39 is 0 Å². The van der Waals surface area contributed by atoms with Crippen LogP contribution in [0.4, 0.5) is 0 Å². The van der Waals surface area contributed by atoms with Crippen LogP contribution in [-0.4, -0.2) is 47.8 Å². The first-order valence-electron chi connectivity index (χ1n) is 9.65. The number of amides is 1. The molecule has 0 atom stereocenters. The Labute approximate surface area is 174 Å². The Balaban J connectivity index is 1.56. The van der Waals surface area contributed by atoms with E-state index in [4.69, 9.17) is 0 Å². The van der Waals surface area contributed by atoms with Gasteiger partial charge in [0.1, 0.15) is 6.33 Å². The fourth-order valence-electron chi connectivity index (χ4n) is 3.57. The van der Waals surface area contributed by atoms with E-state index in [1.807, 2.05) is 75.0 Å². The number of carbonyl (C=O) groups excluding carboxylic acids is 1. The van der Waals surface area contributed by atoms with E-state index >= 15 is 0 Å². The molecule has 4 rings (SSSR count). The molecular weight excluding hydrogens is 378 g/mol. The zero-order chi connectivity index (χ0) is 21.3. The third-order valence-electron chi connectivity index (χ3n) is 5.22. The Morgan fingerprint density at radius 3 is 2.50 bits per heavy atom. The van der Waals surface area contributed by atoms with Crippen LogP contribution in [0.15, 0.2) is 54.9 Å². The lowest BCUT2D eigenvalue weighted by atomic mass is 10.1. The first-order valence-corrected chi connectivity index (χ1v) is 9.65. The standard InChI is InChI=1S/C22H23N7O/c1-15-12-18(10-11-21(15)28-14-23-25-26-28)22(30)27(4)13-20-16(2)24-29(17(20)3)19-8-6-5-7-9-19/h5-12,14H,13H2,1-4H3. The molecule has 2 aromatic heterocycles. The Morgan fingerprint density at radius 1 is 1.07 bits per heavy atom. The van der Waals surface area contributed by atoms with Gasteiger partial charge < -0.3 is 4.90 Å². The lowest BCUT2D eigenvalue weighted by molar-refractivity contribution is 0.0784. The number of para-hydroxylation sites is 1. The summed E-state index contributed by atoms with van der Waals surface area (Å²) >= 11 is 0. The molecule has 0 saturated heterocycles. The highest BCUT2D eigenvalue weighted by Crippen LogP contribution is 2.21. The smallest absolute Gasteiger partial charge is 0.253 e. The molecular formula is C22H23N7O. The van der Waals surface area contributed by atoms with Crippen molar-refractivity contribution in [2.24, 2.45) is 0 Å². The molecule has 0 aliphatic carbocycles. The number of nitrogens with zero attached hydrogens (tertiary/aromatic N) is 7. The minimum atomic E-state index is -0.0485. The van der Waals surface area contributed by atoms with Crippen molar-refractivity contribution >= 4 is 5.91 Å². The molecule has 1 amide bonds. The molecule has 2 aromatic carbocycles. The minimum absolute atomic E-state index is 0.0485. The molecule has 0 radical (unpaired) electrons. The number of rotatable bonds is 5. The molecule has 8 nitrogen and oxygen atoms in total. The van der Waals surface area contributed by atoms with Gasteiger partial charge in [-0.25, -0.2) is 9.36 Å². The van der Waals surface area contributed by atoms with Gasteiger partial charge in [0.05, 0.1) is 17.1 Å². The maximum atomic E-state index is 13.1. The molecule has 0 fully saturated rings. The highest BCUT2D eigenvalue weighted by Gasteiger charge is 2.19. The van der Waals surface area contributed by atoms with Crippen molar-refractivity contribution in [3.8, 4) is 11.4 Å². The number of tetrazole rings is 1. The Morgan fingerprint density at radius 2 is 1.83 bits per heavy atom. The van der Waals surface area contributed by atoms with E-state index in [-0.39, 0.29) is 5.91 Å². The summed E-state index contributed by atoms with van der Waals surface area (Å²) in [4.78, 5) is 14.8. The third-order valence-corrected chi connectivity index (χ3v) is 5.22. The molecule has 0 spiro atoms. The maximum absolute atomic E-state index is 13.1. The van der Waals surface area contributed by atoms with Crippen molar-refractivity contribution in [3.05, 3.63) is 82.9 Å². The van der Waals surface area contributed by atoms with Crippen LogP contribution in [0.1, 0.15) is 32.9 Å². The lowest BCUT2D eigenvalue weighted by Crippen LogP contribution is -2.27. The second kappa shape index (κ2) is 7.90. The maximum Gasteiger partial charge on any atom is 0.253 e. The minimum Gasteiger partial charge on any atom is -0.337 e. The normalized spacial score (nSPS) is 10.9. The van der Waals surface area contributed by atoms with Gasteiger partial charge in [0.15, 0.2) is 0 Å². The van der Waals surface area contributed by atoms with Crippen molar-refractivity contribution in [1.29, 1.82) is 0 Å². The summed E-state index contributed by atoms with van der Waals surface area (Å²) in [5.41, 5.74) is 6.40. The average Bonchev–Trinajstić information content (AvgIpc) is 3.38. The van der Waals surface area contributed by atoms with E-state index in [1.54, 1.807) is 15.6 Å². The van der Waals surface area contributed by atoms with Crippen LogP contribution in [0.2, 0.25) is 0 Å².